The maximum atomic E-state index is 12.1. The molecule has 132 valence electrons. The number of amides is 1. The summed E-state index contributed by atoms with van der Waals surface area (Å²) in [6, 6.07) is 13.4. The number of thiazole rings is 1. The first kappa shape index (κ1) is 19.1. The predicted molar refractivity (Wildman–Crippen MR) is 113 cm³/mol. The zero-order valence-electron chi connectivity index (χ0n) is 13.4. The van der Waals surface area contributed by atoms with Crippen LogP contribution in [0.5, 0.6) is 0 Å². The molecule has 0 aliphatic carbocycles. The molecule has 0 saturated carbocycles. The van der Waals surface area contributed by atoms with Crippen molar-refractivity contribution in [2.24, 2.45) is 0 Å². The Morgan fingerprint density at radius 1 is 1.19 bits per heavy atom. The molecule has 0 spiro atoms. The van der Waals surface area contributed by atoms with E-state index in [4.69, 9.17) is 23.2 Å². The fourth-order valence-electron chi connectivity index (χ4n) is 2.21. The van der Waals surface area contributed by atoms with E-state index in [2.05, 4.69) is 38.4 Å². The highest BCUT2D eigenvalue weighted by molar-refractivity contribution is 9.10. The van der Waals surface area contributed by atoms with Gasteiger partial charge in [-0.3, -0.25) is 10.1 Å². The van der Waals surface area contributed by atoms with Crippen LogP contribution in [-0.4, -0.2) is 10.9 Å². The SMILES string of the molecule is O=C(/C=C/c1cccc(Cl)c1Cl)Nc1ncc(Cc2ccc(Br)cc2)s1. The minimum absolute atomic E-state index is 0.273. The second-order valence-corrected chi connectivity index (χ2v) is 8.22. The minimum atomic E-state index is -0.273. The molecule has 0 saturated heterocycles. The molecule has 0 aliphatic heterocycles. The first-order valence-corrected chi connectivity index (χ1v) is 10.00. The largest absolute Gasteiger partial charge is 0.298 e. The van der Waals surface area contributed by atoms with Crippen molar-refractivity contribution in [2.45, 2.75) is 6.42 Å². The van der Waals surface area contributed by atoms with Crippen molar-refractivity contribution in [3.8, 4) is 0 Å². The van der Waals surface area contributed by atoms with E-state index >= 15 is 0 Å². The van der Waals surface area contributed by atoms with Crippen molar-refractivity contribution < 1.29 is 4.79 Å². The molecule has 1 heterocycles. The van der Waals surface area contributed by atoms with Crippen molar-refractivity contribution in [1.29, 1.82) is 0 Å². The molecule has 0 fully saturated rings. The Kier molecular flexibility index (Phi) is 6.48. The van der Waals surface area contributed by atoms with Gasteiger partial charge in [-0.2, -0.15) is 0 Å². The van der Waals surface area contributed by atoms with Gasteiger partial charge < -0.3 is 0 Å². The number of halogens is 3. The monoisotopic (exact) mass is 466 g/mol. The maximum Gasteiger partial charge on any atom is 0.250 e. The normalized spacial score (nSPS) is 11.0. The number of aromatic nitrogens is 1. The number of nitrogens with zero attached hydrogens (tertiary/aromatic N) is 1. The molecule has 7 heteroatoms. The Morgan fingerprint density at radius 2 is 1.96 bits per heavy atom. The summed E-state index contributed by atoms with van der Waals surface area (Å²) in [5.41, 5.74) is 1.87. The van der Waals surface area contributed by atoms with Gasteiger partial charge in [0.05, 0.1) is 10.0 Å². The van der Waals surface area contributed by atoms with E-state index in [0.29, 0.717) is 20.7 Å². The van der Waals surface area contributed by atoms with Gasteiger partial charge in [0.15, 0.2) is 5.13 Å². The standard InChI is InChI=1S/C19H13BrCl2N2OS/c20-14-7-4-12(5-8-14)10-15-11-23-19(26-15)24-17(25)9-6-13-2-1-3-16(21)18(13)22/h1-9,11H,10H2,(H,23,24,25)/b9-6+. The first-order valence-electron chi connectivity index (χ1n) is 7.63. The molecule has 0 bridgehead atoms. The van der Waals surface area contributed by atoms with Crippen molar-refractivity contribution in [2.75, 3.05) is 5.32 Å². The van der Waals surface area contributed by atoms with Gasteiger partial charge in [-0.15, -0.1) is 11.3 Å². The third-order valence-electron chi connectivity index (χ3n) is 3.47. The lowest BCUT2D eigenvalue weighted by molar-refractivity contribution is -0.111. The predicted octanol–water partition coefficient (Wildman–Crippen LogP) is 6.46. The van der Waals surface area contributed by atoms with E-state index in [9.17, 15) is 4.79 Å². The molecule has 1 N–H and O–H groups in total. The number of rotatable bonds is 5. The second kappa shape index (κ2) is 8.82. The van der Waals surface area contributed by atoms with Crippen molar-refractivity contribution in [1.82, 2.24) is 4.98 Å². The summed E-state index contributed by atoms with van der Waals surface area (Å²) in [6.07, 6.45) is 5.59. The quantitative estimate of drug-likeness (QED) is 0.437. The number of hydrogen-bond donors (Lipinski definition) is 1. The number of hydrogen-bond acceptors (Lipinski definition) is 3. The highest BCUT2D eigenvalue weighted by Gasteiger charge is 2.06. The lowest BCUT2D eigenvalue weighted by Gasteiger charge is -2.00. The Balaban J connectivity index is 1.61. The lowest BCUT2D eigenvalue weighted by atomic mass is 10.1. The van der Waals surface area contributed by atoms with E-state index < -0.39 is 0 Å². The number of anilines is 1. The molecule has 1 aromatic heterocycles. The van der Waals surface area contributed by atoms with Crippen LogP contribution in [0.3, 0.4) is 0 Å². The summed E-state index contributed by atoms with van der Waals surface area (Å²) in [5.74, 6) is -0.273. The van der Waals surface area contributed by atoms with Gasteiger partial charge in [0, 0.05) is 28.0 Å². The van der Waals surface area contributed by atoms with Gasteiger partial charge in [0.2, 0.25) is 5.91 Å². The zero-order valence-corrected chi connectivity index (χ0v) is 17.3. The Labute approximate surface area is 173 Å². The maximum absolute atomic E-state index is 12.1. The van der Waals surface area contributed by atoms with Crippen LogP contribution in [0.4, 0.5) is 5.13 Å². The number of nitrogens with one attached hydrogen (secondary N) is 1. The molecule has 1 amide bonds. The van der Waals surface area contributed by atoms with Crippen molar-refractivity contribution in [3.05, 3.63) is 85.3 Å². The Hall–Kier alpha value is -1.66. The second-order valence-electron chi connectivity index (χ2n) is 5.40. The van der Waals surface area contributed by atoms with Crippen LogP contribution in [0.15, 0.2) is 59.2 Å². The van der Waals surface area contributed by atoms with Crippen LogP contribution < -0.4 is 5.32 Å². The van der Waals surface area contributed by atoms with Gasteiger partial charge in [-0.25, -0.2) is 4.98 Å². The Bertz CT molecular complexity index is 954. The van der Waals surface area contributed by atoms with Crippen molar-refractivity contribution >= 4 is 67.6 Å². The van der Waals surface area contributed by atoms with Crippen LogP contribution in [0.25, 0.3) is 6.08 Å². The summed E-state index contributed by atoms with van der Waals surface area (Å²) in [4.78, 5) is 17.4. The van der Waals surface area contributed by atoms with Gasteiger partial charge in [0.1, 0.15) is 0 Å². The molecule has 2 aromatic carbocycles. The number of benzene rings is 2. The summed E-state index contributed by atoms with van der Waals surface area (Å²) in [7, 11) is 0. The molecule has 3 nitrogen and oxygen atoms in total. The molecule has 3 aromatic rings. The summed E-state index contributed by atoms with van der Waals surface area (Å²) < 4.78 is 1.05. The highest BCUT2D eigenvalue weighted by Crippen LogP contribution is 2.26. The average Bonchev–Trinajstić information content (AvgIpc) is 3.05. The molecule has 0 radical (unpaired) electrons. The van der Waals surface area contributed by atoms with E-state index in [-0.39, 0.29) is 5.91 Å². The molecule has 0 aliphatic rings. The average molecular weight is 468 g/mol. The van der Waals surface area contributed by atoms with Crippen LogP contribution in [-0.2, 0) is 11.2 Å². The van der Waals surface area contributed by atoms with Crippen LogP contribution >= 0.6 is 50.5 Å². The zero-order chi connectivity index (χ0) is 18.5. The van der Waals surface area contributed by atoms with Gasteiger partial charge in [0.25, 0.3) is 0 Å². The molecule has 26 heavy (non-hydrogen) atoms. The third-order valence-corrected chi connectivity index (χ3v) is 5.75. The summed E-state index contributed by atoms with van der Waals surface area (Å²) in [5, 5.41) is 4.19. The van der Waals surface area contributed by atoms with E-state index in [1.165, 1.54) is 23.0 Å². The van der Waals surface area contributed by atoms with Gasteiger partial charge >= 0.3 is 0 Å². The number of carbonyl (C=O) groups is 1. The summed E-state index contributed by atoms with van der Waals surface area (Å²) >= 11 is 16.9. The highest BCUT2D eigenvalue weighted by atomic mass is 79.9. The molecule has 0 unspecified atom stereocenters. The van der Waals surface area contributed by atoms with E-state index in [0.717, 1.165) is 15.8 Å². The van der Waals surface area contributed by atoms with E-state index in [1.807, 2.05) is 12.1 Å². The third kappa shape index (κ3) is 5.17. The first-order chi connectivity index (χ1) is 12.5. The fraction of sp³-hybridized carbons (Fsp3) is 0.0526. The lowest BCUT2D eigenvalue weighted by Crippen LogP contribution is -2.07. The van der Waals surface area contributed by atoms with Crippen LogP contribution in [0, 0.1) is 0 Å². The van der Waals surface area contributed by atoms with Crippen LogP contribution in [0.2, 0.25) is 10.0 Å². The number of carbonyl (C=O) groups excluding carboxylic acids is 1. The smallest absolute Gasteiger partial charge is 0.250 e. The minimum Gasteiger partial charge on any atom is -0.298 e. The molecule has 3 rings (SSSR count). The van der Waals surface area contributed by atoms with Gasteiger partial charge in [-0.1, -0.05) is 63.4 Å². The molecule has 0 atom stereocenters. The van der Waals surface area contributed by atoms with Gasteiger partial charge in [-0.05, 0) is 35.4 Å². The van der Waals surface area contributed by atoms with Crippen molar-refractivity contribution in [3.63, 3.8) is 0 Å². The topological polar surface area (TPSA) is 42.0 Å². The summed E-state index contributed by atoms with van der Waals surface area (Å²) in [6.45, 7) is 0. The van der Waals surface area contributed by atoms with Crippen LogP contribution in [0.1, 0.15) is 16.0 Å². The Morgan fingerprint density at radius 3 is 2.73 bits per heavy atom. The molecular formula is C19H13BrCl2N2OS. The van der Waals surface area contributed by atoms with E-state index in [1.54, 1.807) is 30.5 Å². The fourth-order valence-corrected chi connectivity index (χ4v) is 3.70. The molecular weight excluding hydrogens is 455 g/mol.